The second kappa shape index (κ2) is 8.36. The lowest BCUT2D eigenvalue weighted by Gasteiger charge is -2.30. The maximum absolute atomic E-state index is 12.9. The summed E-state index contributed by atoms with van der Waals surface area (Å²) in [6, 6.07) is 4.80. The number of unbranched alkanes of at least 4 members (excludes halogenated alkanes) is 1. The number of hydrogen-bond donors (Lipinski definition) is 0. The summed E-state index contributed by atoms with van der Waals surface area (Å²) in [6.07, 6.45) is 7.18. The number of halogens is 1. The van der Waals surface area contributed by atoms with Gasteiger partial charge in [0.2, 0.25) is 10.0 Å². The van der Waals surface area contributed by atoms with Crippen LogP contribution in [0, 0.1) is 0 Å². The molecule has 0 aliphatic heterocycles. The summed E-state index contributed by atoms with van der Waals surface area (Å²) in [7, 11) is -1.84. The summed E-state index contributed by atoms with van der Waals surface area (Å²) >= 11 is 6.12. The van der Waals surface area contributed by atoms with Crippen molar-refractivity contribution in [1.29, 1.82) is 0 Å². The van der Waals surface area contributed by atoms with Gasteiger partial charge in [0.15, 0.2) is 0 Å². The lowest BCUT2D eigenvalue weighted by Crippen LogP contribution is -2.38. The molecule has 0 aromatic heterocycles. The molecule has 6 heteroatoms. The average Bonchev–Trinajstić information content (AvgIpc) is 2.56. The van der Waals surface area contributed by atoms with Crippen molar-refractivity contribution in [2.24, 2.45) is 0 Å². The van der Waals surface area contributed by atoms with E-state index in [0.29, 0.717) is 17.4 Å². The van der Waals surface area contributed by atoms with Gasteiger partial charge in [0.25, 0.3) is 0 Å². The number of ether oxygens (including phenoxy) is 1. The lowest BCUT2D eigenvalue weighted by molar-refractivity contribution is 0.285. The van der Waals surface area contributed by atoms with E-state index < -0.39 is 10.0 Å². The zero-order chi connectivity index (χ0) is 16.9. The van der Waals surface area contributed by atoms with Crippen molar-refractivity contribution in [3.05, 3.63) is 23.2 Å². The van der Waals surface area contributed by atoms with Crippen LogP contribution >= 0.6 is 11.6 Å². The number of sulfonamides is 1. The van der Waals surface area contributed by atoms with Gasteiger partial charge in [-0.05, 0) is 31.4 Å². The van der Waals surface area contributed by atoms with Crippen LogP contribution in [0.5, 0.6) is 5.75 Å². The molecule has 4 nitrogen and oxygen atoms in total. The van der Waals surface area contributed by atoms with E-state index in [-0.39, 0.29) is 10.9 Å². The summed E-state index contributed by atoms with van der Waals surface area (Å²) in [6.45, 7) is 2.61. The van der Waals surface area contributed by atoms with Gasteiger partial charge in [-0.1, -0.05) is 44.2 Å². The highest BCUT2D eigenvalue weighted by Crippen LogP contribution is 2.31. The van der Waals surface area contributed by atoms with Crippen LogP contribution in [-0.4, -0.2) is 32.4 Å². The van der Waals surface area contributed by atoms with Crippen LogP contribution in [0.15, 0.2) is 23.1 Å². The van der Waals surface area contributed by atoms with Crippen molar-refractivity contribution in [1.82, 2.24) is 4.31 Å². The number of nitrogens with zero attached hydrogens (tertiary/aromatic N) is 1. The minimum absolute atomic E-state index is 0.0916. The third kappa shape index (κ3) is 4.61. The van der Waals surface area contributed by atoms with Gasteiger partial charge < -0.3 is 4.74 Å². The molecular formula is C17H26ClNO3S. The van der Waals surface area contributed by atoms with E-state index in [1.54, 1.807) is 25.2 Å². The molecule has 130 valence electrons. The van der Waals surface area contributed by atoms with Crippen molar-refractivity contribution in [2.45, 2.75) is 62.8 Å². The molecule has 0 atom stereocenters. The van der Waals surface area contributed by atoms with Crippen LogP contribution in [-0.2, 0) is 10.0 Å². The molecule has 23 heavy (non-hydrogen) atoms. The van der Waals surface area contributed by atoms with Gasteiger partial charge >= 0.3 is 0 Å². The first kappa shape index (κ1) is 18.6. The van der Waals surface area contributed by atoms with Gasteiger partial charge in [-0.3, -0.25) is 0 Å². The zero-order valence-electron chi connectivity index (χ0n) is 13.9. The van der Waals surface area contributed by atoms with Crippen LogP contribution in [0.2, 0.25) is 5.02 Å². The molecule has 0 heterocycles. The quantitative estimate of drug-likeness (QED) is 0.674. The monoisotopic (exact) mass is 359 g/mol. The average molecular weight is 360 g/mol. The molecule has 0 radical (unpaired) electrons. The van der Waals surface area contributed by atoms with E-state index in [0.717, 1.165) is 38.5 Å². The van der Waals surface area contributed by atoms with Crippen molar-refractivity contribution in [3.8, 4) is 5.75 Å². The van der Waals surface area contributed by atoms with Gasteiger partial charge in [-0.2, -0.15) is 4.31 Å². The second-order valence-electron chi connectivity index (χ2n) is 6.11. The standard InChI is InChI=1S/C17H26ClNO3S/c1-3-4-12-22-17-13-15(10-11-16(17)18)23(20,21)19(2)14-8-6-5-7-9-14/h10-11,13-14H,3-9,12H2,1-2H3. The van der Waals surface area contributed by atoms with Crippen molar-refractivity contribution in [3.63, 3.8) is 0 Å². The Labute approximate surface area is 144 Å². The summed E-state index contributed by atoms with van der Waals surface area (Å²) in [5.74, 6) is 0.443. The molecule has 1 fully saturated rings. The van der Waals surface area contributed by atoms with Crippen molar-refractivity contribution in [2.75, 3.05) is 13.7 Å². The summed E-state index contributed by atoms with van der Waals surface area (Å²) in [5.41, 5.74) is 0. The fourth-order valence-electron chi connectivity index (χ4n) is 2.89. The van der Waals surface area contributed by atoms with Gasteiger partial charge in [-0.25, -0.2) is 8.42 Å². The van der Waals surface area contributed by atoms with Crippen molar-refractivity contribution >= 4 is 21.6 Å². The lowest BCUT2D eigenvalue weighted by atomic mass is 9.96. The summed E-state index contributed by atoms with van der Waals surface area (Å²) in [5, 5.41) is 0.445. The van der Waals surface area contributed by atoms with Gasteiger partial charge in [0.05, 0.1) is 16.5 Å². The van der Waals surface area contributed by atoms with Gasteiger partial charge in [-0.15, -0.1) is 0 Å². The van der Waals surface area contributed by atoms with Crippen molar-refractivity contribution < 1.29 is 13.2 Å². The zero-order valence-corrected chi connectivity index (χ0v) is 15.5. The smallest absolute Gasteiger partial charge is 0.243 e. The summed E-state index contributed by atoms with van der Waals surface area (Å²) < 4.78 is 32.8. The second-order valence-corrected chi connectivity index (χ2v) is 8.51. The Morgan fingerprint density at radius 2 is 1.96 bits per heavy atom. The normalized spacial score (nSPS) is 16.7. The predicted molar refractivity (Wildman–Crippen MR) is 93.7 cm³/mol. The first-order valence-electron chi connectivity index (χ1n) is 8.37. The SMILES string of the molecule is CCCCOc1cc(S(=O)(=O)N(C)C2CCCCC2)ccc1Cl. The molecule has 0 unspecified atom stereocenters. The number of rotatable bonds is 7. The molecule has 1 saturated carbocycles. The Hall–Kier alpha value is -0.780. The minimum atomic E-state index is -3.51. The van der Waals surface area contributed by atoms with Gasteiger partial charge in [0, 0.05) is 19.2 Å². The van der Waals surface area contributed by atoms with E-state index in [1.165, 1.54) is 10.7 Å². The largest absolute Gasteiger partial charge is 0.492 e. The Morgan fingerprint density at radius 1 is 1.26 bits per heavy atom. The highest BCUT2D eigenvalue weighted by molar-refractivity contribution is 7.89. The predicted octanol–water partition coefficient (Wildman–Crippen LogP) is 4.47. The fraction of sp³-hybridized carbons (Fsp3) is 0.647. The van der Waals surface area contributed by atoms with Crippen LogP contribution in [0.1, 0.15) is 51.9 Å². The molecule has 0 spiro atoms. The fourth-order valence-corrected chi connectivity index (χ4v) is 4.49. The Kier molecular flexibility index (Phi) is 6.74. The first-order chi connectivity index (χ1) is 11.0. The van der Waals surface area contributed by atoms with E-state index in [2.05, 4.69) is 6.92 Å². The molecule has 0 saturated heterocycles. The van der Waals surface area contributed by atoms with E-state index in [4.69, 9.17) is 16.3 Å². The van der Waals surface area contributed by atoms with Crippen LogP contribution in [0.3, 0.4) is 0 Å². The molecule has 1 aromatic carbocycles. The Morgan fingerprint density at radius 3 is 2.61 bits per heavy atom. The maximum atomic E-state index is 12.9. The van der Waals surface area contributed by atoms with Crippen LogP contribution < -0.4 is 4.74 Å². The third-order valence-electron chi connectivity index (χ3n) is 4.42. The maximum Gasteiger partial charge on any atom is 0.243 e. The molecule has 0 bridgehead atoms. The molecule has 0 amide bonds. The highest BCUT2D eigenvalue weighted by atomic mass is 35.5. The number of hydrogen-bond acceptors (Lipinski definition) is 3. The first-order valence-corrected chi connectivity index (χ1v) is 10.2. The van der Waals surface area contributed by atoms with E-state index >= 15 is 0 Å². The number of benzene rings is 1. The molecule has 0 N–H and O–H groups in total. The molecule has 1 aliphatic rings. The molecule has 1 aliphatic carbocycles. The summed E-state index contributed by atoms with van der Waals surface area (Å²) in [4.78, 5) is 0.251. The topological polar surface area (TPSA) is 46.6 Å². The molecule has 2 rings (SSSR count). The van der Waals surface area contributed by atoms with E-state index in [1.807, 2.05) is 0 Å². The Bertz CT molecular complexity index is 612. The molecule has 1 aromatic rings. The minimum Gasteiger partial charge on any atom is -0.492 e. The Balaban J connectivity index is 2.19. The third-order valence-corrected chi connectivity index (χ3v) is 6.64. The van der Waals surface area contributed by atoms with Crippen LogP contribution in [0.25, 0.3) is 0 Å². The van der Waals surface area contributed by atoms with Gasteiger partial charge in [0.1, 0.15) is 5.75 Å². The van der Waals surface area contributed by atoms with E-state index in [9.17, 15) is 8.42 Å². The van der Waals surface area contributed by atoms with Crippen LogP contribution in [0.4, 0.5) is 0 Å². The molecular weight excluding hydrogens is 334 g/mol. The highest BCUT2D eigenvalue weighted by Gasteiger charge is 2.29.